The van der Waals surface area contributed by atoms with Gasteiger partial charge in [-0.05, 0) is 37.0 Å². The fourth-order valence-electron chi connectivity index (χ4n) is 1.90. The zero-order valence-electron chi connectivity index (χ0n) is 10.9. The maximum Gasteiger partial charge on any atom is 0.139 e. The first-order chi connectivity index (χ1) is 8.84. The summed E-state index contributed by atoms with van der Waals surface area (Å²) in [7, 11) is 2.09. The lowest BCUT2D eigenvalue weighted by Crippen LogP contribution is -2.02. The van der Waals surface area contributed by atoms with Crippen molar-refractivity contribution < 1.29 is 4.74 Å². The molecule has 0 heterocycles. The number of aryl methyl sites for hydroxylation is 1. The average Bonchev–Trinajstić information content (AvgIpc) is 2.42. The van der Waals surface area contributed by atoms with E-state index < -0.39 is 0 Å². The zero-order valence-corrected chi connectivity index (χ0v) is 10.9. The predicted molar refractivity (Wildman–Crippen MR) is 79.5 cm³/mol. The number of hydrogen-bond donors (Lipinski definition) is 0. The molecule has 2 aromatic carbocycles. The van der Waals surface area contributed by atoms with Crippen molar-refractivity contribution in [1.29, 1.82) is 0 Å². The van der Waals surface area contributed by atoms with Crippen LogP contribution in [0.15, 0.2) is 54.6 Å². The zero-order chi connectivity index (χ0) is 12.6. The second-order valence-corrected chi connectivity index (χ2v) is 4.60. The quantitative estimate of drug-likeness (QED) is 0.554. The van der Waals surface area contributed by atoms with Gasteiger partial charge >= 0.3 is 0 Å². The summed E-state index contributed by atoms with van der Waals surface area (Å²) >= 11 is 0. The van der Waals surface area contributed by atoms with Gasteiger partial charge in [-0.1, -0.05) is 47.9 Å². The summed E-state index contributed by atoms with van der Waals surface area (Å²) in [5, 5.41) is 0. The molecule has 1 nitrogen and oxygen atoms in total. The Morgan fingerprint density at radius 1 is 0.833 bits per heavy atom. The molecule has 92 valence electrons. The van der Waals surface area contributed by atoms with E-state index in [1.807, 2.05) is 12.1 Å². The lowest BCUT2D eigenvalue weighted by Gasteiger charge is -2.06. The van der Waals surface area contributed by atoms with Gasteiger partial charge in [0, 0.05) is 0 Å². The van der Waals surface area contributed by atoms with Crippen LogP contribution in [0.3, 0.4) is 0 Å². The molecule has 0 radical (unpaired) electrons. The molecular formula is C16H19BO. The maximum atomic E-state index is 5.70. The molecule has 0 unspecified atom stereocenters. The average molecular weight is 238 g/mol. The predicted octanol–water partition coefficient (Wildman–Crippen LogP) is 2.35. The van der Waals surface area contributed by atoms with Crippen molar-refractivity contribution in [2.24, 2.45) is 0 Å². The summed E-state index contributed by atoms with van der Waals surface area (Å²) in [5.74, 6) is 0.973. The molecule has 2 rings (SSSR count). The molecule has 0 spiro atoms. The van der Waals surface area contributed by atoms with Crippen LogP contribution < -0.4 is 10.2 Å². The second kappa shape index (κ2) is 6.90. The largest absolute Gasteiger partial charge is 0.494 e. The first kappa shape index (κ1) is 12.8. The number of unbranched alkanes of at least 4 members (excludes halogenated alkanes) is 1. The van der Waals surface area contributed by atoms with Gasteiger partial charge in [0.1, 0.15) is 13.6 Å². The van der Waals surface area contributed by atoms with E-state index in [0.29, 0.717) is 0 Å². The van der Waals surface area contributed by atoms with Gasteiger partial charge in [0.25, 0.3) is 0 Å². The smallest absolute Gasteiger partial charge is 0.139 e. The molecule has 0 aliphatic heterocycles. The van der Waals surface area contributed by atoms with E-state index in [0.717, 1.165) is 25.2 Å². The van der Waals surface area contributed by atoms with Gasteiger partial charge in [-0.3, -0.25) is 0 Å². The van der Waals surface area contributed by atoms with Crippen LogP contribution in [0.1, 0.15) is 18.4 Å². The summed E-state index contributed by atoms with van der Waals surface area (Å²) in [6.07, 6.45) is 3.41. The Bertz CT molecular complexity index is 450. The van der Waals surface area contributed by atoms with E-state index in [2.05, 4.69) is 50.3 Å². The lowest BCUT2D eigenvalue weighted by atomic mass is 9.97. The summed E-state index contributed by atoms with van der Waals surface area (Å²) in [5.41, 5.74) is 2.68. The molecular weight excluding hydrogens is 219 g/mol. The Morgan fingerprint density at radius 3 is 2.28 bits per heavy atom. The molecule has 0 amide bonds. The SMILES string of the molecule is Bc1ccc(OCCCCc2ccccc2)cc1. The van der Waals surface area contributed by atoms with E-state index in [1.54, 1.807) is 0 Å². The highest BCUT2D eigenvalue weighted by atomic mass is 16.5. The van der Waals surface area contributed by atoms with Crippen LogP contribution in [0, 0.1) is 0 Å². The van der Waals surface area contributed by atoms with Crippen molar-refractivity contribution in [3.8, 4) is 5.75 Å². The fourth-order valence-corrected chi connectivity index (χ4v) is 1.90. The van der Waals surface area contributed by atoms with Gasteiger partial charge in [-0.15, -0.1) is 0 Å². The highest BCUT2D eigenvalue weighted by Crippen LogP contribution is 2.09. The molecule has 2 heteroatoms. The van der Waals surface area contributed by atoms with Crippen LogP contribution in [-0.2, 0) is 6.42 Å². The highest BCUT2D eigenvalue weighted by molar-refractivity contribution is 6.32. The first-order valence-corrected chi connectivity index (χ1v) is 6.58. The van der Waals surface area contributed by atoms with Gasteiger partial charge in [0.15, 0.2) is 0 Å². The van der Waals surface area contributed by atoms with Crippen LogP contribution in [0.4, 0.5) is 0 Å². The Kier molecular flexibility index (Phi) is 4.89. The Morgan fingerprint density at radius 2 is 1.56 bits per heavy atom. The molecule has 0 aliphatic rings. The monoisotopic (exact) mass is 238 g/mol. The third kappa shape index (κ3) is 4.29. The van der Waals surface area contributed by atoms with Crippen molar-refractivity contribution in [2.75, 3.05) is 6.61 Å². The van der Waals surface area contributed by atoms with Crippen molar-refractivity contribution in [3.63, 3.8) is 0 Å². The Hall–Kier alpha value is -1.70. The van der Waals surface area contributed by atoms with Crippen LogP contribution in [0.2, 0.25) is 0 Å². The minimum Gasteiger partial charge on any atom is -0.494 e. The van der Waals surface area contributed by atoms with Gasteiger partial charge in [-0.2, -0.15) is 0 Å². The number of ether oxygens (including phenoxy) is 1. The first-order valence-electron chi connectivity index (χ1n) is 6.58. The van der Waals surface area contributed by atoms with Crippen molar-refractivity contribution in [2.45, 2.75) is 19.3 Å². The minimum atomic E-state index is 0.801. The molecule has 0 saturated heterocycles. The van der Waals surface area contributed by atoms with Crippen LogP contribution in [0.25, 0.3) is 0 Å². The number of hydrogen-bond acceptors (Lipinski definition) is 1. The Labute approximate surface area is 110 Å². The van der Waals surface area contributed by atoms with E-state index >= 15 is 0 Å². The molecule has 0 bridgehead atoms. The molecule has 2 aromatic rings. The molecule has 0 fully saturated rings. The summed E-state index contributed by atoms with van der Waals surface area (Å²) in [6.45, 7) is 0.801. The third-order valence-corrected chi connectivity index (χ3v) is 2.99. The topological polar surface area (TPSA) is 9.23 Å². The van der Waals surface area contributed by atoms with E-state index in [4.69, 9.17) is 4.74 Å². The Balaban J connectivity index is 1.63. The molecule has 0 atom stereocenters. The molecule has 0 aliphatic carbocycles. The minimum absolute atomic E-state index is 0.801. The summed E-state index contributed by atoms with van der Waals surface area (Å²) < 4.78 is 5.70. The van der Waals surface area contributed by atoms with Gasteiger partial charge in [0.05, 0.1) is 6.61 Å². The fraction of sp³-hybridized carbons (Fsp3) is 0.250. The van der Waals surface area contributed by atoms with Gasteiger partial charge < -0.3 is 4.74 Å². The second-order valence-electron chi connectivity index (χ2n) is 4.60. The van der Waals surface area contributed by atoms with Crippen molar-refractivity contribution in [3.05, 3.63) is 60.2 Å². The number of rotatable bonds is 6. The van der Waals surface area contributed by atoms with Gasteiger partial charge in [0.2, 0.25) is 0 Å². The summed E-state index contributed by atoms with van der Waals surface area (Å²) in [4.78, 5) is 0. The van der Waals surface area contributed by atoms with Gasteiger partial charge in [-0.25, -0.2) is 0 Å². The van der Waals surface area contributed by atoms with Crippen LogP contribution in [-0.4, -0.2) is 14.5 Å². The van der Waals surface area contributed by atoms with E-state index in [9.17, 15) is 0 Å². The van der Waals surface area contributed by atoms with Crippen molar-refractivity contribution >= 4 is 13.3 Å². The normalized spacial score (nSPS) is 10.2. The molecule has 0 N–H and O–H groups in total. The van der Waals surface area contributed by atoms with E-state index in [-0.39, 0.29) is 0 Å². The van der Waals surface area contributed by atoms with E-state index in [1.165, 1.54) is 17.4 Å². The third-order valence-electron chi connectivity index (χ3n) is 2.99. The summed E-state index contributed by atoms with van der Waals surface area (Å²) in [6, 6.07) is 18.8. The lowest BCUT2D eigenvalue weighted by molar-refractivity contribution is 0.307. The van der Waals surface area contributed by atoms with Crippen molar-refractivity contribution in [1.82, 2.24) is 0 Å². The van der Waals surface area contributed by atoms with Crippen LogP contribution >= 0.6 is 0 Å². The highest BCUT2D eigenvalue weighted by Gasteiger charge is 1.95. The molecule has 0 aromatic heterocycles. The number of benzene rings is 2. The maximum absolute atomic E-state index is 5.70. The molecule has 18 heavy (non-hydrogen) atoms. The molecule has 0 saturated carbocycles. The standard InChI is InChI=1S/C16H19BO/c17-15-9-11-16(12-10-15)18-13-5-4-8-14-6-2-1-3-7-14/h1-3,6-7,9-12H,4-5,8,13,17H2. The van der Waals surface area contributed by atoms with Crippen LogP contribution in [0.5, 0.6) is 5.75 Å².